The molecule has 2 aromatic carbocycles. The highest BCUT2D eigenvalue weighted by atomic mass is 19.1. The molecule has 0 fully saturated rings. The fourth-order valence-corrected chi connectivity index (χ4v) is 1.66. The van der Waals surface area contributed by atoms with Crippen LogP contribution in [0.5, 0.6) is 5.75 Å². The molecule has 1 amide bonds. The second kappa shape index (κ2) is 6.68. The first-order valence-electron chi connectivity index (χ1n) is 6.19. The lowest BCUT2D eigenvalue weighted by atomic mass is 10.2. The summed E-state index contributed by atoms with van der Waals surface area (Å²) >= 11 is 0. The van der Waals surface area contributed by atoms with Crippen molar-refractivity contribution in [1.82, 2.24) is 0 Å². The number of nitrogens with two attached hydrogens (primary N) is 1. The zero-order valence-corrected chi connectivity index (χ0v) is 10.8. The van der Waals surface area contributed by atoms with E-state index in [2.05, 4.69) is 5.32 Å². The summed E-state index contributed by atoms with van der Waals surface area (Å²) in [5, 5.41) is 2.52. The molecule has 104 valence electrons. The van der Waals surface area contributed by atoms with Gasteiger partial charge in [-0.3, -0.25) is 4.79 Å². The van der Waals surface area contributed by atoms with Crippen molar-refractivity contribution in [2.24, 2.45) is 5.73 Å². The van der Waals surface area contributed by atoms with E-state index in [-0.39, 0.29) is 5.69 Å². The zero-order chi connectivity index (χ0) is 14.4. The van der Waals surface area contributed by atoms with Gasteiger partial charge < -0.3 is 15.8 Å². The van der Waals surface area contributed by atoms with Gasteiger partial charge in [-0.15, -0.1) is 0 Å². The lowest BCUT2D eigenvalue weighted by Crippen LogP contribution is -2.14. The Kier molecular flexibility index (Phi) is 4.68. The van der Waals surface area contributed by atoms with Crippen LogP contribution in [0.2, 0.25) is 0 Å². The minimum absolute atomic E-state index is 0.144. The Morgan fingerprint density at radius 3 is 2.75 bits per heavy atom. The van der Waals surface area contributed by atoms with Gasteiger partial charge in [-0.05, 0) is 30.3 Å². The van der Waals surface area contributed by atoms with Crippen molar-refractivity contribution in [1.29, 1.82) is 0 Å². The fraction of sp³-hybridized carbons (Fsp3) is 0.133. The summed E-state index contributed by atoms with van der Waals surface area (Å²) in [6.45, 7) is 0.768. The molecule has 0 radical (unpaired) electrons. The van der Waals surface area contributed by atoms with Gasteiger partial charge in [0, 0.05) is 12.1 Å². The second-order valence-electron chi connectivity index (χ2n) is 4.10. The topological polar surface area (TPSA) is 64.3 Å². The van der Waals surface area contributed by atoms with Gasteiger partial charge in [0.15, 0.2) is 0 Å². The molecule has 0 saturated heterocycles. The molecular weight excluding hydrogens is 259 g/mol. The van der Waals surface area contributed by atoms with Crippen molar-refractivity contribution >= 4 is 11.6 Å². The molecule has 0 aliphatic carbocycles. The van der Waals surface area contributed by atoms with Crippen molar-refractivity contribution in [2.45, 2.75) is 0 Å². The monoisotopic (exact) mass is 274 g/mol. The standard InChI is InChI=1S/C15H15FN2O2/c16-13-6-1-2-7-14(13)18-15(19)11-4-3-5-12(10-11)20-9-8-17/h1-7,10H,8-9,17H2,(H,18,19). The Bertz CT molecular complexity index is 602. The molecule has 0 spiro atoms. The average molecular weight is 274 g/mol. The van der Waals surface area contributed by atoms with Crippen LogP contribution >= 0.6 is 0 Å². The van der Waals surface area contributed by atoms with Gasteiger partial charge in [0.2, 0.25) is 0 Å². The van der Waals surface area contributed by atoms with Gasteiger partial charge >= 0.3 is 0 Å². The lowest BCUT2D eigenvalue weighted by Gasteiger charge is -2.08. The highest BCUT2D eigenvalue weighted by Crippen LogP contribution is 2.17. The van der Waals surface area contributed by atoms with E-state index < -0.39 is 11.7 Å². The summed E-state index contributed by atoms with van der Waals surface area (Å²) < 4.78 is 18.8. The SMILES string of the molecule is NCCOc1cccc(C(=O)Nc2ccccc2F)c1. The molecule has 0 heterocycles. The number of ether oxygens (including phenoxy) is 1. The molecule has 0 atom stereocenters. The third-order valence-electron chi connectivity index (χ3n) is 2.60. The van der Waals surface area contributed by atoms with E-state index in [9.17, 15) is 9.18 Å². The molecule has 0 unspecified atom stereocenters. The molecule has 2 aromatic rings. The van der Waals surface area contributed by atoms with Crippen LogP contribution in [0.4, 0.5) is 10.1 Å². The summed E-state index contributed by atoms with van der Waals surface area (Å²) in [6.07, 6.45) is 0. The third-order valence-corrected chi connectivity index (χ3v) is 2.60. The summed E-state index contributed by atoms with van der Waals surface area (Å²) in [6, 6.07) is 12.7. The van der Waals surface area contributed by atoms with Crippen LogP contribution in [0.15, 0.2) is 48.5 Å². The minimum atomic E-state index is -0.476. The molecular formula is C15H15FN2O2. The number of para-hydroxylation sites is 1. The van der Waals surface area contributed by atoms with Crippen molar-refractivity contribution in [3.63, 3.8) is 0 Å². The van der Waals surface area contributed by atoms with E-state index in [1.807, 2.05) is 0 Å². The number of anilines is 1. The number of benzene rings is 2. The number of amides is 1. The van der Waals surface area contributed by atoms with Crippen LogP contribution in [-0.4, -0.2) is 19.1 Å². The first kappa shape index (κ1) is 14.0. The number of rotatable bonds is 5. The maximum absolute atomic E-state index is 13.5. The summed E-state index contributed by atoms with van der Waals surface area (Å²) in [5.74, 6) is -0.318. The Balaban J connectivity index is 2.11. The van der Waals surface area contributed by atoms with Crippen molar-refractivity contribution in [2.75, 3.05) is 18.5 Å². The summed E-state index contributed by atoms with van der Waals surface area (Å²) in [4.78, 5) is 12.0. The van der Waals surface area contributed by atoms with Gasteiger partial charge in [0.1, 0.15) is 18.2 Å². The Hall–Kier alpha value is -2.40. The lowest BCUT2D eigenvalue weighted by molar-refractivity contribution is 0.102. The van der Waals surface area contributed by atoms with Gasteiger partial charge in [-0.2, -0.15) is 0 Å². The Morgan fingerprint density at radius 2 is 2.00 bits per heavy atom. The van der Waals surface area contributed by atoms with Gasteiger partial charge in [0.05, 0.1) is 5.69 Å². The fourth-order valence-electron chi connectivity index (χ4n) is 1.66. The predicted molar refractivity (Wildman–Crippen MR) is 75.3 cm³/mol. The van der Waals surface area contributed by atoms with E-state index in [1.54, 1.807) is 36.4 Å². The Morgan fingerprint density at radius 1 is 1.20 bits per heavy atom. The zero-order valence-electron chi connectivity index (χ0n) is 10.8. The maximum Gasteiger partial charge on any atom is 0.255 e. The molecule has 0 saturated carbocycles. The van der Waals surface area contributed by atoms with Crippen molar-refractivity contribution < 1.29 is 13.9 Å². The Labute approximate surface area is 116 Å². The van der Waals surface area contributed by atoms with Crippen molar-refractivity contribution in [3.05, 3.63) is 59.9 Å². The number of halogens is 1. The van der Waals surface area contributed by atoms with Crippen LogP contribution in [0.1, 0.15) is 10.4 Å². The quantitative estimate of drug-likeness (QED) is 0.880. The molecule has 20 heavy (non-hydrogen) atoms. The number of hydrogen-bond acceptors (Lipinski definition) is 3. The minimum Gasteiger partial charge on any atom is -0.492 e. The van der Waals surface area contributed by atoms with E-state index >= 15 is 0 Å². The molecule has 0 bridgehead atoms. The molecule has 0 aromatic heterocycles. The number of carbonyl (C=O) groups excluding carboxylic acids is 1. The number of nitrogens with one attached hydrogen (secondary N) is 1. The average Bonchev–Trinajstić information content (AvgIpc) is 2.48. The first-order chi connectivity index (χ1) is 9.70. The van der Waals surface area contributed by atoms with Crippen LogP contribution in [0.25, 0.3) is 0 Å². The van der Waals surface area contributed by atoms with E-state index in [0.29, 0.717) is 24.5 Å². The molecule has 4 nitrogen and oxygen atoms in total. The smallest absolute Gasteiger partial charge is 0.255 e. The molecule has 0 aliphatic rings. The van der Waals surface area contributed by atoms with Crippen LogP contribution < -0.4 is 15.8 Å². The number of hydrogen-bond donors (Lipinski definition) is 2. The maximum atomic E-state index is 13.5. The van der Waals surface area contributed by atoms with Gasteiger partial charge in [-0.1, -0.05) is 18.2 Å². The van der Waals surface area contributed by atoms with Crippen LogP contribution in [-0.2, 0) is 0 Å². The molecule has 5 heteroatoms. The van der Waals surface area contributed by atoms with Crippen molar-refractivity contribution in [3.8, 4) is 5.75 Å². The highest BCUT2D eigenvalue weighted by molar-refractivity contribution is 6.04. The van der Waals surface area contributed by atoms with E-state index in [1.165, 1.54) is 12.1 Å². The third kappa shape index (κ3) is 3.55. The van der Waals surface area contributed by atoms with Crippen LogP contribution in [0, 0.1) is 5.82 Å². The van der Waals surface area contributed by atoms with E-state index in [4.69, 9.17) is 10.5 Å². The largest absolute Gasteiger partial charge is 0.492 e. The first-order valence-corrected chi connectivity index (χ1v) is 6.19. The summed E-state index contributed by atoms with van der Waals surface area (Å²) in [7, 11) is 0. The van der Waals surface area contributed by atoms with E-state index in [0.717, 1.165) is 0 Å². The predicted octanol–water partition coefficient (Wildman–Crippen LogP) is 2.42. The molecule has 2 rings (SSSR count). The van der Waals surface area contributed by atoms with Gasteiger partial charge in [0.25, 0.3) is 5.91 Å². The number of carbonyl (C=O) groups is 1. The summed E-state index contributed by atoms with van der Waals surface area (Å²) in [5.41, 5.74) is 5.88. The van der Waals surface area contributed by atoms with Gasteiger partial charge in [-0.25, -0.2) is 4.39 Å². The van der Waals surface area contributed by atoms with Crippen LogP contribution in [0.3, 0.4) is 0 Å². The second-order valence-corrected chi connectivity index (χ2v) is 4.10. The molecule has 0 aliphatic heterocycles. The molecule has 3 N–H and O–H groups in total. The highest BCUT2D eigenvalue weighted by Gasteiger charge is 2.09. The normalized spacial score (nSPS) is 10.1.